The fraction of sp³-hybridized carbons (Fsp3) is 0.783. The Bertz CT molecular complexity index is 1100. The number of aliphatic hydroxyl groups excluding tert-OH is 2. The lowest BCUT2D eigenvalue weighted by Crippen LogP contribution is -2.45. The Morgan fingerprint density at radius 1 is 0.391 bits per heavy atom. The molecule has 0 spiro atoms. The molecule has 0 aliphatic carbocycles. The normalized spacial score (nSPS) is 13.4. The molecule has 0 fully saturated rings. The van der Waals surface area contributed by atoms with E-state index in [-0.39, 0.29) is 12.5 Å². The standard InChI is InChI=1S/C60H109NO3/c1-3-5-7-9-11-13-15-17-19-21-23-25-26-27-28-29-30-31-32-33-34-36-38-40-42-44-46-48-50-52-54-56-60(64)61-58(57-62)59(63)55-53-51-49-47-45-43-41-39-37-35-24-22-20-18-16-14-12-10-8-6-4-2/h5,7,11,13,17,19,23,25,27-28,30-31,58-59,62-63H,3-4,6,8-10,12,14-16,18,20-22,24,26,29,32-57H2,1-2H3,(H,61,64)/b7-5-,13-11-,19-17-,25-23-,28-27-,31-30-. The van der Waals surface area contributed by atoms with Crippen molar-refractivity contribution in [1.29, 1.82) is 0 Å². The van der Waals surface area contributed by atoms with Crippen LogP contribution in [0.1, 0.15) is 284 Å². The Balaban J connectivity index is 3.50. The van der Waals surface area contributed by atoms with Crippen LogP contribution in [0.4, 0.5) is 0 Å². The smallest absolute Gasteiger partial charge is 0.220 e. The first-order valence-corrected chi connectivity index (χ1v) is 28.1. The van der Waals surface area contributed by atoms with Crippen LogP contribution >= 0.6 is 0 Å². The molecule has 0 aliphatic rings. The number of amides is 1. The van der Waals surface area contributed by atoms with Crippen molar-refractivity contribution >= 4 is 5.91 Å². The molecule has 372 valence electrons. The van der Waals surface area contributed by atoms with Crippen LogP contribution in [-0.2, 0) is 4.79 Å². The molecule has 0 heterocycles. The van der Waals surface area contributed by atoms with Crippen LogP contribution in [0.2, 0.25) is 0 Å². The van der Waals surface area contributed by atoms with Crippen LogP contribution < -0.4 is 5.32 Å². The Kier molecular flexibility index (Phi) is 53.3. The predicted molar refractivity (Wildman–Crippen MR) is 285 cm³/mol. The summed E-state index contributed by atoms with van der Waals surface area (Å²) in [5.41, 5.74) is 0. The van der Waals surface area contributed by atoms with E-state index in [1.807, 2.05) is 0 Å². The van der Waals surface area contributed by atoms with Gasteiger partial charge in [-0.1, -0.05) is 286 Å². The molecule has 2 atom stereocenters. The highest BCUT2D eigenvalue weighted by Gasteiger charge is 2.20. The van der Waals surface area contributed by atoms with Crippen LogP contribution in [0.5, 0.6) is 0 Å². The van der Waals surface area contributed by atoms with Gasteiger partial charge in [-0.05, 0) is 64.2 Å². The zero-order chi connectivity index (χ0) is 46.3. The SMILES string of the molecule is CC/C=C\C/C=C\C/C=C\C/C=C\C/C=C\C/C=C\CCCCCCCCCCCCCCC(=O)NC(CO)C(O)CCCCCCCCCCCCCCCCCCCCCCC. The first-order chi connectivity index (χ1) is 31.7. The number of carbonyl (C=O) groups excluding carboxylic acids is 1. The molecular formula is C60H109NO3. The average Bonchev–Trinajstić information content (AvgIpc) is 3.30. The van der Waals surface area contributed by atoms with Crippen molar-refractivity contribution in [2.75, 3.05) is 6.61 Å². The van der Waals surface area contributed by atoms with Gasteiger partial charge in [0.15, 0.2) is 0 Å². The summed E-state index contributed by atoms with van der Waals surface area (Å²) in [4.78, 5) is 12.5. The minimum Gasteiger partial charge on any atom is -0.394 e. The molecule has 2 unspecified atom stereocenters. The molecule has 0 rings (SSSR count). The van der Waals surface area contributed by atoms with Crippen molar-refractivity contribution in [2.45, 2.75) is 296 Å². The number of nitrogens with one attached hydrogen (secondary N) is 1. The van der Waals surface area contributed by atoms with Gasteiger partial charge in [0.2, 0.25) is 5.91 Å². The van der Waals surface area contributed by atoms with Crippen molar-refractivity contribution in [3.8, 4) is 0 Å². The van der Waals surface area contributed by atoms with Gasteiger partial charge in [0.25, 0.3) is 0 Å². The molecule has 1 amide bonds. The van der Waals surface area contributed by atoms with E-state index in [9.17, 15) is 15.0 Å². The summed E-state index contributed by atoms with van der Waals surface area (Å²) < 4.78 is 0. The van der Waals surface area contributed by atoms with Crippen molar-refractivity contribution in [3.05, 3.63) is 72.9 Å². The van der Waals surface area contributed by atoms with Crippen LogP contribution in [-0.4, -0.2) is 34.9 Å². The Morgan fingerprint density at radius 2 is 0.688 bits per heavy atom. The zero-order valence-corrected chi connectivity index (χ0v) is 42.8. The fourth-order valence-electron chi connectivity index (χ4n) is 8.48. The number of unbranched alkanes of at least 4 members (excludes halogenated alkanes) is 32. The maximum Gasteiger partial charge on any atom is 0.220 e. The maximum absolute atomic E-state index is 12.5. The highest BCUT2D eigenvalue weighted by Crippen LogP contribution is 2.17. The third-order valence-corrected chi connectivity index (χ3v) is 12.7. The number of carbonyl (C=O) groups is 1. The molecule has 3 N–H and O–H groups in total. The average molecular weight is 893 g/mol. The number of hydrogen-bond acceptors (Lipinski definition) is 3. The quantitative estimate of drug-likeness (QED) is 0.0421. The van der Waals surface area contributed by atoms with Crippen molar-refractivity contribution < 1.29 is 15.0 Å². The Hall–Kier alpha value is -2.17. The summed E-state index contributed by atoms with van der Waals surface area (Å²) in [6.07, 6.45) is 78.8. The lowest BCUT2D eigenvalue weighted by molar-refractivity contribution is -0.123. The lowest BCUT2D eigenvalue weighted by Gasteiger charge is -2.22. The first-order valence-electron chi connectivity index (χ1n) is 28.1. The Labute approximate surface area is 399 Å². The third kappa shape index (κ3) is 50.8. The van der Waals surface area contributed by atoms with E-state index >= 15 is 0 Å². The molecule has 0 aromatic rings. The fourth-order valence-corrected chi connectivity index (χ4v) is 8.48. The second kappa shape index (κ2) is 55.2. The summed E-state index contributed by atoms with van der Waals surface area (Å²) in [5, 5.41) is 23.3. The van der Waals surface area contributed by atoms with Gasteiger partial charge in [0, 0.05) is 6.42 Å². The molecule has 0 saturated carbocycles. The second-order valence-electron chi connectivity index (χ2n) is 19.0. The van der Waals surface area contributed by atoms with Gasteiger partial charge < -0.3 is 15.5 Å². The van der Waals surface area contributed by atoms with E-state index in [1.54, 1.807) is 0 Å². The van der Waals surface area contributed by atoms with Crippen LogP contribution in [0, 0.1) is 0 Å². The van der Waals surface area contributed by atoms with Crippen LogP contribution in [0.25, 0.3) is 0 Å². The predicted octanol–water partition coefficient (Wildman–Crippen LogP) is 18.6. The highest BCUT2D eigenvalue weighted by atomic mass is 16.3. The number of hydrogen-bond donors (Lipinski definition) is 3. The summed E-state index contributed by atoms with van der Waals surface area (Å²) in [6, 6.07) is -0.542. The van der Waals surface area contributed by atoms with Gasteiger partial charge in [-0.25, -0.2) is 0 Å². The topological polar surface area (TPSA) is 69.6 Å². The van der Waals surface area contributed by atoms with Gasteiger partial charge in [0.1, 0.15) is 0 Å². The number of aliphatic hydroxyl groups is 2. The molecule has 0 saturated heterocycles. The van der Waals surface area contributed by atoms with Gasteiger partial charge in [-0.3, -0.25) is 4.79 Å². The van der Waals surface area contributed by atoms with E-state index in [0.717, 1.165) is 64.2 Å². The largest absolute Gasteiger partial charge is 0.394 e. The van der Waals surface area contributed by atoms with Gasteiger partial charge >= 0.3 is 0 Å². The molecule has 0 bridgehead atoms. The highest BCUT2D eigenvalue weighted by molar-refractivity contribution is 5.76. The monoisotopic (exact) mass is 892 g/mol. The summed E-state index contributed by atoms with van der Waals surface area (Å²) >= 11 is 0. The molecule has 0 aromatic heterocycles. The van der Waals surface area contributed by atoms with E-state index in [4.69, 9.17) is 0 Å². The second-order valence-corrected chi connectivity index (χ2v) is 19.0. The zero-order valence-electron chi connectivity index (χ0n) is 42.8. The molecule has 0 radical (unpaired) electrons. The maximum atomic E-state index is 12.5. The Morgan fingerprint density at radius 3 is 1.03 bits per heavy atom. The minimum absolute atomic E-state index is 0.0331. The molecule has 4 heteroatoms. The van der Waals surface area contributed by atoms with Gasteiger partial charge in [-0.15, -0.1) is 0 Å². The van der Waals surface area contributed by atoms with E-state index < -0.39 is 12.1 Å². The van der Waals surface area contributed by atoms with Crippen molar-refractivity contribution in [3.63, 3.8) is 0 Å². The molecule has 4 nitrogen and oxygen atoms in total. The third-order valence-electron chi connectivity index (χ3n) is 12.7. The summed E-state index contributed by atoms with van der Waals surface area (Å²) in [6.45, 7) is 4.26. The number of allylic oxidation sites excluding steroid dienone is 12. The molecular weight excluding hydrogens is 783 g/mol. The van der Waals surface area contributed by atoms with Gasteiger partial charge in [0.05, 0.1) is 18.8 Å². The van der Waals surface area contributed by atoms with Crippen LogP contribution in [0.3, 0.4) is 0 Å². The molecule has 64 heavy (non-hydrogen) atoms. The van der Waals surface area contributed by atoms with E-state index in [0.29, 0.717) is 12.8 Å². The molecule has 0 aliphatic heterocycles. The number of rotatable bonds is 51. The van der Waals surface area contributed by atoms with Crippen molar-refractivity contribution in [1.82, 2.24) is 5.32 Å². The summed E-state index contributed by atoms with van der Waals surface area (Å²) in [5.74, 6) is -0.0331. The minimum atomic E-state index is -0.664. The van der Waals surface area contributed by atoms with Crippen LogP contribution in [0.15, 0.2) is 72.9 Å². The first kappa shape index (κ1) is 61.8. The van der Waals surface area contributed by atoms with E-state index in [2.05, 4.69) is 92.1 Å². The lowest BCUT2D eigenvalue weighted by atomic mass is 10.0. The van der Waals surface area contributed by atoms with Crippen molar-refractivity contribution in [2.24, 2.45) is 0 Å². The molecule has 0 aromatic carbocycles. The summed E-state index contributed by atoms with van der Waals surface area (Å²) in [7, 11) is 0. The van der Waals surface area contributed by atoms with E-state index in [1.165, 1.54) is 193 Å². The van der Waals surface area contributed by atoms with Gasteiger partial charge in [-0.2, -0.15) is 0 Å².